The summed E-state index contributed by atoms with van der Waals surface area (Å²) in [6, 6.07) is 0. The van der Waals surface area contributed by atoms with Crippen molar-refractivity contribution in [1.82, 2.24) is 4.57 Å². The van der Waals surface area contributed by atoms with Crippen molar-refractivity contribution in [2.45, 2.75) is 259 Å². The summed E-state index contributed by atoms with van der Waals surface area (Å²) in [4.78, 5) is 0. The average Bonchev–Trinajstić information content (AvgIpc) is 3.43. The number of hydrogen-bond donors (Lipinski definition) is 0. The van der Waals surface area contributed by atoms with Gasteiger partial charge in [0, 0.05) is 6.42 Å². The maximum atomic E-state index is 2.64. The van der Waals surface area contributed by atoms with Gasteiger partial charge in [0.25, 0.3) is 5.82 Å². The van der Waals surface area contributed by atoms with Crippen LogP contribution in [-0.4, -0.2) is 4.57 Å². The van der Waals surface area contributed by atoms with Crippen molar-refractivity contribution in [2.75, 3.05) is 0 Å². The number of hydrogen-bond acceptors (Lipinski definition) is 0. The summed E-state index contributed by atoms with van der Waals surface area (Å²) in [6.45, 7) is 9.40. The van der Waals surface area contributed by atoms with E-state index in [1.165, 1.54) is 238 Å². The third-order valence-corrected chi connectivity index (χ3v) is 10.3. The van der Waals surface area contributed by atoms with E-state index >= 15 is 0 Å². The maximum absolute atomic E-state index is 2.64. The molecule has 0 fully saturated rings. The fourth-order valence-electron chi connectivity index (χ4n) is 7.21. The van der Waals surface area contributed by atoms with E-state index in [-0.39, 0.29) is 0 Å². The van der Waals surface area contributed by atoms with Crippen molar-refractivity contribution in [1.29, 1.82) is 0 Å². The number of unbranched alkanes of at least 4 members (excludes halogenated alkanes) is 31. The Labute approximate surface area is 285 Å². The zero-order chi connectivity index (χ0) is 32.3. The molecule has 0 aliphatic rings. The van der Waals surface area contributed by atoms with Gasteiger partial charge in [-0.25, -0.2) is 9.13 Å². The molecule has 1 heterocycles. The minimum atomic E-state index is 1.23. The summed E-state index contributed by atoms with van der Waals surface area (Å²) in [7, 11) is 0. The van der Waals surface area contributed by atoms with Crippen molar-refractivity contribution < 1.29 is 4.57 Å². The molecule has 0 spiro atoms. The molecule has 0 atom stereocenters. The minimum absolute atomic E-state index is 1.23. The molecule has 0 aliphatic carbocycles. The SMILES string of the molecule is CCCCCCCCCCCCCCCCc1n(CCCCCCCC)cc[n+]1CCCCCCCCCCCCCCCC. The van der Waals surface area contributed by atoms with Gasteiger partial charge in [-0.1, -0.05) is 207 Å². The van der Waals surface area contributed by atoms with E-state index < -0.39 is 0 Å². The molecule has 2 heteroatoms. The van der Waals surface area contributed by atoms with Crippen LogP contribution in [0.3, 0.4) is 0 Å². The van der Waals surface area contributed by atoms with E-state index in [1.54, 1.807) is 5.82 Å². The Kier molecular flexibility index (Phi) is 32.4. The van der Waals surface area contributed by atoms with Crippen LogP contribution in [0.15, 0.2) is 12.4 Å². The molecule has 0 saturated carbocycles. The predicted octanol–water partition coefficient (Wildman–Crippen LogP) is 14.6. The molecule has 266 valence electrons. The van der Waals surface area contributed by atoms with Gasteiger partial charge in [-0.3, -0.25) is 0 Å². The number of aryl methyl sites for hydroxylation is 2. The van der Waals surface area contributed by atoms with E-state index in [2.05, 4.69) is 42.3 Å². The monoisotopic (exact) mass is 630 g/mol. The van der Waals surface area contributed by atoms with Crippen LogP contribution in [0.1, 0.15) is 245 Å². The van der Waals surface area contributed by atoms with Crippen LogP contribution in [-0.2, 0) is 19.5 Å². The minimum Gasteiger partial charge on any atom is -0.234 e. The van der Waals surface area contributed by atoms with E-state index in [0.29, 0.717) is 0 Å². The second kappa shape index (κ2) is 34.5. The Bertz CT molecular complexity index is 692. The first kappa shape index (κ1) is 42.2. The first-order valence-electron chi connectivity index (χ1n) is 21.4. The van der Waals surface area contributed by atoms with Crippen molar-refractivity contribution in [3.8, 4) is 0 Å². The van der Waals surface area contributed by atoms with Crippen LogP contribution in [0.5, 0.6) is 0 Å². The molecule has 0 aromatic carbocycles. The molecule has 0 N–H and O–H groups in total. The van der Waals surface area contributed by atoms with Crippen molar-refractivity contribution in [3.63, 3.8) is 0 Å². The number of aromatic nitrogens is 2. The Balaban J connectivity index is 2.22. The van der Waals surface area contributed by atoms with Gasteiger partial charge in [0.15, 0.2) is 0 Å². The first-order valence-corrected chi connectivity index (χ1v) is 21.4. The second-order valence-corrected chi connectivity index (χ2v) is 14.8. The highest BCUT2D eigenvalue weighted by molar-refractivity contribution is 4.84. The number of rotatable bonds is 37. The fourth-order valence-corrected chi connectivity index (χ4v) is 7.21. The normalized spacial score (nSPS) is 11.6. The first-order chi connectivity index (χ1) is 22.3. The van der Waals surface area contributed by atoms with Crippen LogP contribution in [0, 0.1) is 0 Å². The topological polar surface area (TPSA) is 8.81 Å². The Morgan fingerprint density at radius 1 is 0.378 bits per heavy atom. The molecule has 0 saturated heterocycles. The molecule has 0 bridgehead atoms. The lowest BCUT2D eigenvalue weighted by Gasteiger charge is -2.07. The lowest BCUT2D eigenvalue weighted by Crippen LogP contribution is -2.37. The van der Waals surface area contributed by atoms with Crippen LogP contribution in [0.25, 0.3) is 0 Å². The van der Waals surface area contributed by atoms with Crippen LogP contribution < -0.4 is 4.57 Å². The molecule has 1 aromatic heterocycles. The molecular formula is C43H85N2+. The predicted molar refractivity (Wildman–Crippen MR) is 202 cm³/mol. The standard InChI is InChI=1S/C43H85N2/c1-4-7-10-13-16-18-20-22-24-26-28-30-32-35-38-43-44(39-36-33-15-12-9-6-3)41-42-45(43)40-37-34-31-29-27-25-23-21-19-17-14-11-8-5-2/h41-42H,4-40H2,1-3H3/q+1. The fraction of sp³-hybridized carbons (Fsp3) is 0.930. The molecule has 45 heavy (non-hydrogen) atoms. The number of nitrogens with zero attached hydrogens (tertiary/aromatic N) is 2. The van der Waals surface area contributed by atoms with Gasteiger partial charge >= 0.3 is 0 Å². The zero-order valence-corrected chi connectivity index (χ0v) is 31.7. The van der Waals surface area contributed by atoms with Gasteiger partial charge in [-0.2, -0.15) is 0 Å². The maximum Gasteiger partial charge on any atom is 0.256 e. The molecular weight excluding hydrogens is 544 g/mol. The van der Waals surface area contributed by atoms with Gasteiger partial charge in [0.05, 0.1) is 13.1 Å². The summed E-state index contributed by atoms with van der Waals surface area (Å²) in [5, 5.41) is 0. The Morgan fingerprint density at radius 3 is 1.07 bits per heavy atom. The zero-order valence-electron chi connectivity index (χ0n) is 31.7. The number of imidazole rings is 1. The molecule has 1 rings (SSSR count). The summed E-state index contributed by atoms with van der Waals surface area (Å²) >= 11 is 0. The highest BCUT2D eigenvalue weighted by Gasteiger charge is 2.16. The van der Waals surface area contributed by atoms with Gasteiger partial charge in [0.2, 0.25) is 0 Å². The van der Waals surface area contributed by atoms with Crippen LogP contribution in [0.2, 0.25) is 0 Å². The smallest absolute Gasteiger partial charge is 0.234 e. The summed E-state index contributed by atoms with van der Waals surface area (Å²) in [6.07, 6.45) is 54.9. The van der Waals surface area contributed by atoms with Crippen molar-refractivity contribution in [2.24, 2.45) is 0 Å². The molecule has 0 radical (unpaired) electrons. The highest BCUT2D eigenvalue weighted by atomic mass is 15.1. The summed E-state index contributed by atoms with van der Waals surface area (Å²) in [5.41, 5.74) is 0. The van der Waals surface area contributed by atoms with E-state index in [1.807, 2.05) is 0 Å². The third-order valence-electron chi connectivity index (χ3n) is 10.3. The van der Waals surface area contributed by atoms with Crippen LogP contribution in [0.4, 0.5) is 0 Å². The molecule has 0 aliphatic heterocycles. The average molecular weight is 630 g/mol. The highest BCUT2D eigenvalue weighted by Crippen LogP contribution is 2.16. The lowest BCUT2D eigenvalue weighted by molar-refractivity contribution is -0.704. The van der Waals surface area contributed by atoms with E-state index in [9.17, 15) is 0 Å². The largest absolute Gasteiger partial charge is 0.256 e. The van der Waals surface area contributed by atoms with Gasteiger partial charge < -0.3 is 0 Å². The van der Waals surface area contributed by atoms with Gasteiger partial charge in [0.1, 0.15) is 12.4 Å². The van der Waals surface area contributed by atoms with E-state index in [4.69, 9.17) is 0 Å². The quantitative estimate of drug-likeness (QED) is 0.0511. The Morgan fingerprint density at radius 2 is 0.689 bits per heavy atom. The Hall–Kier alpha value is -0.790. The summed E-state index contributed by atoms with van der Waals surface area (Å²) < 4.78 is 5.27. The summed E-state index contributed by atoms with van der Waals surface area (Å²) in [5.74, 6) is 1.62. The van der Waals surface area contributed by atoms with Crippen molar-refractivity contribution in [3.05, 3.63) is 18.2 Å². The van der Waals surface area contributed by atoms with E-state index in [0.717, 1.165) is 0 Å². The lowest BCUT2D eigenvalue weighted by atomic mass is 10.0. The molecule has 2 nitrogen and oxygen atoms in total. The molecule has 0 unspecified atom stereocenters. The second-order valence-electron chi connectivity index (χ2n) is 14.8. The molecule has 0 amide bonds. The van der Waals surface area contributed by atoms with Crippen molar-refractivity contribution >= 4 is 0 Å². The van der Waals surface area contributed by atoms with Gasteiger partial charge in [-0.15, -0.1) is 0 Å². The van der Waals surface area contributed by atoms with Gasteiger partial charge in [-0.05, 0) is 32.1 Å². The molecule has 1 aromatic rings. The third kappa shape index (κ3) is 26.9. The van der Waals surface area contributed by atoms with Crippen LogP contribution >= 0.6 is 0 Å².